The summed E-state index contributed by atoms with van der Waals surface area (Å²) in [5.41, 5.74) is 0. The highest BCUT2D eigenvalue weighted by molar-refractivity contribution is 5.78. The van der Waals surface area contributed by atoms with Crippen LogP contribution < -0.4 is 10.6 Å². The Kier molecular flexibility index (Phi) is 10.2. The molecule has 4 nitrogen and oxygen atoms in total. The van der Waals surface area contributed by atoms with Gasteiger partial charge in [-0.3, -0.25) is 4.79 Å². The van der Waals surface area contributed by atoms with Crippen LogP contribution in [0.4, 0.5) is 0 Å². The summed E-state index contributed by atoms with van der Waals surface area (Å²) < 4.78 is 5.43. The van der Waals surface area contributed by atoms with E-state index in [2.05, 4.69) is 17.6 Å². The largest absolute Gasteiger partial charge is 0.379 e. The molecule has 1 unspecified atom stereocenters. The first-order chi connectivity index (χ1) is 8.06. The van der Waals surface area contributed by atoms with E-state index in [1.54, 1.807) is 0 Å². The van der Waals surface area contributed by atoms with Crippen LogP contribution in [0.15, 0.2) is 0 Å². The van der Waals surface area contributed by atoms with Gasteiger partial charge in [0.1, 0.15) is 0 Å². The molecule has 0 aromatic rings. The van der Waals surface area contributed by atoms with Gasteiger partial charge in [-0.2, -0.15) is 0 Å². The van der Waals surface area contributed by atoms with Crippen molar-refractivity contribution in [1.29, 1.82) is 0 Å². The first kappa shape index (κ1) is 16.4. The number of ether oxygens (including phenoxy) is 1. The van der Waals surface area contributed by atoms with Crippen LogP contribution in [0.25, 0.3) is 0 Å². The molecule has 0 saturated carbocycles. The van der Waals surface area contributed by atoms with Crippen molar-refractivity contribution in [1.82, 2.24) is 10.6 Å². The van der Waals surface area contributed by atoms with Crippen molar-refractivity contribution in [3.8, 4) is 0 Å². The zero-order valence-corrected chi connectivity index (χ0v) is 11.7. The quantitative estimate of drug-likeness (QED) is 0.575. The van der Waals surface area contributed by atoms with Gasteiger partial charge in [0, 0.05) is 12.6 Å². The number of carbonyl (C=O) groups is 1. The van der Waals surface area contributed by atoms with Gasteiger partial charge in [0.2, 0.25) is 5.91 Å². The Morgan fingerprint density at radius 3 is 2.53 bits per heavy atom. The van der Waals surface area contributed by atoms with Crippen molar-refractivity contribution in [3.05, 3.63) is 0 Å². The SMILES string of the molecule is CCC(C)NC(=O)CNCCCCOC(C)C. The smallest absolute Gasteiger partial charge is 0.234 e. The highest BCUT2D eigenvalue weighted by Gasteiger charge is 2.03. The summed E-state index contributed by atoms with van der Waals surface area (Å²) in [5, 5.41) is 6.06. The lowest BCUT2D eigenvalue weighted by Crippen LogP contribution is -2.39. The molecule has 0 aromatic heterocycles. The van der Waals surface area contributed by atoms with E-state index in [0.29, 0.717) is 12.6 Å². The number of rotatable bonds is 10. The molecule has 0 saturated heterocycles. The fourth-order valence-corrected chi connectivity index (χ4v) is 1.30. The summed E-state index contributed by atoms with van der Waals surface area (Å²) in [7, 11) is 0. The van der Waals surface area contributed by atoms with Crippen LogP contribution in [0, 0.1) is 0 Å². The fourth-order valence-electron chi connectivity index (χ4n) is 1.30. The molecule has 0 heterocycles. The minimum Gasteiger partial charge on any atom is -0.379 e. The maximum absolute atomic E-state index is 11.4. The van der Waals surface area contributed by atoms with Crippen LogP contribution in [0.5, 0.6) is 0 Å². The van der Waals surface area contributed by atoms with Crippen molar-refractivity contribution >= 4 is 5.91 Å². The molecule has 1 atom stereocenters. The van der Waals surface area contributed by atoms with Gasteiger partial charge in [0.25, 0.3) is 0 Å². The van der Waals surface area contributed by atoms with E-state index in [0.717, 1.165) is 32.4 Å². The molecule has 0 rings (SSSR count). The molecule has 0 aromatic carbocycles. The molecule has 4 heteroatoms. The van der Waals surface area contributed by atoms with Crippen molar-refractivity contribution in [2.24, 2.45) is 0 Å². The summed E-state index contributed by atoms with van der Waals surface area (Å²) in [6, 6.07) is 0.267. The Labute approximate surface area is 105 Å². The van der Waals surface area contributed by atoms with Crippen molar-refractivity contribution in [3.63, 3.8) is 0 Å². The second kappa shape index (κ2) is 10.5. The predicted octanol–water partition coefficient (Wildman–Crippen LogP) is 1.70. The van der Waals surface area contributed by atoms with Crippen molar-refractivity contribution in [2.75, 3.05) is 19.7 Å². The lowest BCUT2D eigenvalue weighted by atomic mass is 10.2. The molecule has 0 spiro atoms. The highest BCUT2D eigenvalue weighted by Crippen LogP contribution is 1.93. The number of hydrogen-bond acceptors (Lipinski definition) is 3. The van der Waals surface area contributed by atoms with Crippen LogP contribution in [0.2, 0.25) is 0 Å². The molecular weight excluding hydrogens is 216 g/mol. The molecule has 17 heavy (non-hydrogen) atoms. The van der Waals surface area contributed by atoms with Gasteiger partial charge in [0.15, 0.2) is 0 Å². The second-order valence-electron chi connectivity index (χ2n) is 4.68. The number of nitrogens with one attached hydrogen (secondary N) is 2. The van der Waals surface area contributed by atoms with Gasteiger partial charge < -0.3 is 15.4 Å². The lowest BCUT2D eigenvalue weighted by Gasteiger charge is -2.12. The summed E-state index contributed by atoms with van der Waals surface area (Å²) in [6.45, 7) is 10.2. The van der Waals surface area contributed by atoms with Crippen LogP contribution in [-0.2, 0) is 9.53 Å². The molecule has 102 valence electrons. The Balaban J connectivity index is 3.25. The predicted molar refractivity (Wildman–Crippen MR) is 71.1 cm³/mol. The zero-order valence-electron chi connectivity index (χ0n) is 11.7. The van der Waals surface area contributed by atoms with Crippen LogP contribution in [-0.4, -0.2) is 37.7 Å². The number of carbonyl (C=O) groups excluding carboxylic acids is 1. The van der Waals surface area contributed by atoms with E-state index in [1.807, 2.05) is 20.8 Å². The maximum atomic E-state index is 11.4. The number of hydrogen-bond donors (Lipinski definition) is 2. The lowest BCUT2D eigenvalue weighted by molar-refractivity contribution is -0.120. The van der Waals surface area contributed by atoms with Gasteiger partial charge >= 0.3 is 0 Å². The van der Waals surface area contributed by atoms with Crippen LogP contribution in [0.3, 0.4) is 0 Å². The molecular formula is C13H28N2O2. The third-order valence-corrected chi connectivity index (χ3v) is 2.50. The van der Waals surface area contributed by atoms with Crippen molar-refractivity contribution < 1.29 is 9.53 Å². The fraction of sp³-hybridized carbons (Fsp3) is 0.923. The standard InChI is InChI=1S/C13H28N2O2/c1-5-12(4)15-13(16)10-14-8-6-7-9-17-11(2)3/h11-12,14H,5-10H2,1-4H3,(H,15,16). The first-order valence-corrected chi connectivity index (χ1v) is 6.68. The Morgan fingerprint density at radius 2 is 1.94 bits per heavy atom. The van der Waals surface area contributed by atoms with Gasteiger partial charge in [-0.15, -0.1) is 0 Å². The summed E-state index contributed by atoms with van der Waals surface area (Å²) in [5.74, 6) is 0.0813. The maximum Gasteiger partial charge on any atom is 0.234 e. The molecule has 0 bridgehead atoms. The number of amides is 1. The van der Waals surface area contributed by atoms with Crippen LogP contribution in [0.1, 0.15) is 47.0 Å². The Hall–Kier alpha value is -0.610. The second-order valence-corrected chi connectivity index (χ2v) is 4.68. The topological polar surface area (TPSA) is 50.4 Å². The van der Waals surface area contributed by atoms with Gasteiger partial charge in [-0.1, -0.05) is 6.92 Å². The van der Waals surface area contributed by atoms with Gasteiger partial charge in [-0.05, 0) is 46.6 Å². The van der Waals surface area contributed by atoms with Gasteiger partial charge in [0.05, 0.1) is 12.6 Å². The summed E-state index contributed by atoms with van der Waals surface area (Å²) in [4.78, 5) is 11.4. The monoisotopic (exact) mass is 244 g/mol. The third kappa shape index (κ3) is 11.6. The Bertz CT molecular complexity index is 196. The van der Waals surface area contributed by atoms with E-state index in [-0.39, 0.29) is 11.9 Å². The van der Waals surface area contributed by atoms with E-state index < -0.39 is 0 Å². The van der Waals surface area contributed by atoms with Crippen molar-refractivity contribution in [2.45, 2.75) is 59.1 Å². The molecule has 2 N–H and O–H groups in total. The molecule has 0 aliphatic rings. The minimum atomic E-state index is 0.0813. The highest BCUT2D eigenvalue weighted by atomic mass is 16.5. The van der Waals surface area contributed by atoms with E-state index >= 15 is 0 Å². The Morgan fingerprint density at radius 1 is 1.24 bits per heavy atom. The van der Waals surface area contributed by atoms with Crippen LogP contribution >= 0.6 is 0 Å². The zero-order chi connectivity index (χ0) is 13.1. The first-order valence-electron chi connectivity index (χ1n) is 6.68. The van der Waals surface area contributed by atoms with Gasteiger partial charge in [-0.25, -0.2) is 0 Å². The molecule has 0 aliphatic heterocycles. The molecule has 0 aliphatic carbocycles. The average Bonchev–Trinajstić information content (AvgIpc) is 2.27. The normalized spacial score (nSPS) is 12.8. The summed E-state index contributed by atoms with van der Waals surface area (Å²) >= 11 is 0. The molecule has 0 radical (unpaired) electrons. The van der Waals surface area contributed by atoms with E-state index in [1.165, 1.54) is 0 Å². The minimum absolute atomic E-state index is 0.0813. The number of unbranched alkanes of at least 4 members (excludes halogenated alkanes) is 1. The molecule has 1 amide bonds. The third-order valence-electron chi connectivity index (χ3n) is 2.50. The van der Waals surface area contributed by atoms with E-state index in [4.69, 9.17) is 4.74 Å². The molecule has 0 fully saturated rings. The average molecular weight is 244 g/mol. The van der Waals surface area contributed by atoms with E-state index in [9.17, 15) is 4.79 Å². The summed E-state index contributed by atoms with van der Waals surface area (Å²) in [6.07, 6.45) is 3.36.